The molecule has 0 saturated heterocycles. The average Bonchev–Trinajstić information content (AvgIpc) is 2.37. The minimum atomic E-state index is 0.326. The molecule has 0 aromatic heterocycles. The van der Waals surface area contributed by atoms with Gasteiger partial charge in [0.15, 0.2) is 0 Å². The zero-order valence-electron chi connectivity index (χ0n) is 11.8. The van der Waals surface area contributed by atoms with Gasteiger partial charge >= 0.3 is 0 Å². The van der Waals surface area contributed by atoms with Crippen LogP contribution in [0.1, 0.15) is 52.4 Å². The molecule has 0 aromatic rings. The number of nitrogens with one attached hydrogen (secondary N) is 1. The van der Waals surface area contributed by atoms with Crippen molar-refractivity contribution in [2.24, 2.45) is 5.92 Å². The summed E-state index contributed by atoms with van der Waals surface area (Å²) < 4.78 is 0. The molecule has 1 aliphatic carbocycles. The van der Waals surface area contributed by atoms with Crippen LogP contribution in [-0.2, 0) is 4.79 Å². The second-order valence-electron chi connectivity index (χ2n) is 5.52. The van der Waals surface area contributed by atoms with Crippen molar-refractivity contribution in [3.05, 3.63) is 0 Å². The van der Waals surface area contributed by atoms with Crippen LogP contribution >= 0.6 is 0 Å². The average molecular weight is 240 g/mol. The normalized spacial score (nSPS) is 26.6. The molecule has 100 valence electrons. The number of carbonyl (C=O) groups is 1. The molecule has 0 bridgehead atoms. The van der Waals surface area contributed by atoms with Crippen LogP contribution in [0.4, 0.5) is 0 Å². The summed E-state index contributed by atoms with van der Waals surface area (Å²) in [6, 6.07) is 1.13. The minimum absolute atomic E-state index is 0.326. The maximum absolute atomic E-state index is 12.1. The van der Waals surface area contributed by atoms with Crippen molar-refractivity contribution >= 4 is 5.91 Å². The number of nitrogens with zero attached hydrogens (tertiary/aromatic N) is 1. The van der Waals surface area contributed by atoms with E-state index >= 15 is 0 Å². The first kappa shape index (κ1) is 14.5. The molecule has 0 aromatic carbocycles. The van der Waals surface area contributed by atoms with Gasteiger partial charge in [-0.1, -0.05) is 20.3 Å². The highest BCUT2D eigenvalue weighted by atomic mass is 16.2. The van der Waals surface area contributed by atoms with Crippen molar-refractivity contribution in [3.63, 3.8) is 0 Å². The fourth-order valence-corrected chi connectivity index (χ4v) is 2.54. The van der Waals surface area contributed by atoms with Gasteiger partial charge in [-0.25, -0.2) is 0 Å². The molecule has 0 heterocycles. The van der Waals surface area contributed by atoms with E-state index in [2.05, 4.69) is 19.2 Å². The Morgan fingerprint density at radius 1 is 1.35 bits per heavy atom. The van der Waals surface area contributed by atoms with Gasteiger partial charge in [0.2, 0.25) is 5.91 Å². The predicted octanol–water partition coefficient (Wildman–Crippen LogP) is 2.41. The third-order valence-electron chi connectivity index (χ3n) is 4.27. The van der Waals surface area contributed by atoms with E-state index in [4.69, 9.17) is 0 Å². The van der Waals surface area contributed by atoms with Gasteiger partial charge in [0.25, 0.3) is 0 Å². The van der Waals surface area contributed by atoms with Crippen LogP contribution in [-0.4, -0.2) is 37.0 Å². The number of hydrogen-bond acceptors (Lipinski definition) is 2. The molecular formula is C14H28N2O. The molecule has 1 saturated carbocycles. The molecule has 1 unspecified atom stereocenters. The molecule has 3 heteroatoms. The van der Waals surface area contributed by atoms with Crippen molar-refractivity contribution in [2.45, 2.75) is 64.5 Å². The number of hydrogen-bond donors (Lipinski definition) is 1. The third-order valence-corrected chi connectivity index (χ3v) is 4.27. The molecule has 1 amide bonds. The van der Waals surface area contributed by atoms with Crippen molar-refractivity contribution in [1.82, 2.24) is 10.2 Å². The maximum atomic E-state index is 12.1. The summed E-state index contributed by atoms with van der Waals surface area (Å²) in [5, 5.41) is 3.33. The van der Waals surface area contributed by atoms with E-state index in [1.165, 1.54) is 12.8 Å². The van der Waals surface area contributed by atoms with E-state index in [0.29, 0.717) is 30.3 Å². The SMILES string of the molecule is CCC(C)CC(=O)N(C)C1CCC(NC)CC1. The summed E-state index contributed by atoms with van der Waals surface area (Å²) >= 11 is 0. The molecule has 0 spiro atoms. The van der Waals surface area contributed by atoms with E-state index in [9.17, 15) is 4.79 Å². The van der Waals surface area contributed by atoms with Crippen molar-refractivity contribution in [2.75, 3.05) is 14.1 Å². The van der Waals surface area contributed by atoms with Crippen LogP contribution in [0, 0.1) is 5.92 Å². The summed E-state index contributed by atoms with van der Waals surface area (Å²) in [6.07, 6.45) is 6.48. The molecule has 17 heavy (non-hydrogen) atoms. The summed E-state index contributed by atoms with van der Waals surface area (Å²) in [6.45, 7) is 4.31. The van der Waals surface area contributed by atoms with Gasteiger partial charge < -0.3 is 10.2 Å². The molecule has 1 N–H and O–H groups in total. The highest BCUT2D eigenvalue weighted by Crippen LogP contribution is 2.23. The molecular weight excluding hydrogens is 212 g/mol. The molecule has 0 radical (unpaired) electrons. The number of rotatable bonds is 5. The Morgan fingerprint density at radius 3 is 2.41 bits per heavy atom. The van der Waals surface area contributed by atoms with Crippen molar-refractivity contribution < 1.29 is 4.79 Å². The first-order chi connectivity index (χ1) is 8.08. The van der Waals surface area contributed by atoms with Crippen LogP contribution in [0.15, 0.2) is 0 Å². The van der Waals surface area contributed by atoms with Crippen LogP contribution < -0.4 is 5.32 Å². The quantitative estimate of drug-likeness (QED) is 0.800. The highest BCUT2D eigenvalue weighted by Gasteiger charge is 2.26. The summed E-state index contributed by atoms with van der Waals surface area (Å²) in [4.78, 5) is 14.1. The Balaban J connectivity index is 2.37. The molecule has 1 aliphatic rings. The van der Waals surface area contributed by atoms with Crippen LogP contribution in [0.5, 0.6) is 0 Å². The number of amides is 1. The summed E-state index contributed by atoms with van der Waals surface area (Å²) in [5.41, 5.74) is 0. The van der Waals surface area contributed by atoms with Crippen LogP contribution in [0.2, 0.25) is 0 Å². The molecule has 1 atom stereocenters. The number of carbonyl (C=O) groups excluding carboxylic acids is 1. The Hall–Kier alpha value is -0.570. The van der Waals surface area contributed by atoms with Gasteiger partial charge in [-0.05, 0) is 38.6 Å². The zero-order valence-corrected chi connectivity index (χ0v) is 11.8. The van der Waals surface area contributed by atoms with E-state index in [1.807, 2.05) is 19.0 Å². The second-order valence-corrected chi connectivity index (χ2v) is 5.52. The van der Waals surface area contributed by atoms with E-state index in [1.54, 1.807) is 0 Å². The van der Waals surface area contributed by atoms with Gasteiger partial charge in [0, 0.05) is 25.6 Å². The summed E-state index contributed by atoms with van der Waals surface area (Å²) in [5.74, 6) is 0.839. The van der Waals surface area contributed by atoms with E-state index in [-0.39, 0.29) is 0 Å². The first-order valence-electron chi connectivity index (χ1n) is 7.01. The zero-order chi connectivity index (χ0) is 12.8. The molecule has 3 nitrogen and oxygen atoms in total. The first-order valence-corrected chi connectivity index (χ1v) is 7.01. The topological polar surface area (TPSA) is 32.3 Å². The highest BCUT2D eigenvalue weighted by molar-refractivity contribution is 5.76. The smallest absolute Gasteiger partial charge is 0.222 e. The maximum Gasteiger partial charge on any atom is 0.222 e. The monoisotopic (exact) mass is 240 g/mol. The lowest BCUT2D eigenvalue weighted by atomic mass is 9.90. The fraction of sp³-hybridized carbons (Fsp3) is 0.929. The van der Waals surface area contributed by atoms with Gasteiger partial charge in [0.05, 0.1) is 0 Å². The standard InChI is InChI=1S/C14H28N2O/c1-5-11(2)10-14(17)16(4)13-8-6-12(15-3)7-9-13/h11-13,15H,5-10H2,1-4H3. The Labute approximate surface area is 106 Å². The predicted molar refractivity (Wildman–Crippen MR) is 71.9 cm³/mol. The molecule has 1 rings (SSSR count). The summed E-state index contributed by atoms with van der Waals surface area (Å²) in [7, 11) is 4.01. The lowest BCUT2D eigenvalue weighted by Crippen LogP contribution is -2.42. The van der Waals surface area contributed by atoms with Gasteiger partial charge in [-0.3, -0.25) is 4.79 Å². The van der Waals surface area contributed by atoms with E-state index in [0.717, 1.165) is 19.3 Å². The van der Waals surface area contributed by atoms with Crippen molar-refractivity contribution in [1.29, 1.82) is 0 Å². The second kappa shape index (κ2) is 7.00. The largest absolute Gasteiger partial charge is 0.343 e. The Kier molecular flexibility index (Phi) is 5.96. The van der Waals surface area contributed by atoms with Gasteiger partial charge in [-0.2, -0.15) is 0 Å². The van der Waals surface area contributed by atoms with Crippen LogP contribution in [0.25, 0.3) is 0 Å². The molecule has 1 fully saturated rings. The lowest BCUT2D eigenvalue weighted by molar-refractivity contribution is -0.133. The Morgan fingerprint density at radius 2 is 1.94 bits per heavy atom. The van der Waals surface area contributed by atoms with E-state index < -0.39 is 0 Å². The molecule has 0 aliphatic heterocycles. The Bertz CT molecular complexity index is 234. The van der Waals surface area contributed by atoms with Crippen LogP contribution in [0.3, 0.4) is 0 Å². The van der Waals surface area contributed by atoms with Crippen molar-refractivity contribution in [3.8, 4) is 0 Å². The lowest BCUT2D eigenvalue weighted by Gasteiger charge is -2.35. The minimum Gasteiger partial charge on any atom is -0.343 e. The van der Waals surface area contributed by atoms with Gasteiger partial charge in [-0.15, -0.1) is 0 Å². The third kappa shape index (κ3) is 4.30. The van der Waals surface area contributed by atoms with Gasteiger partial charge in [0.1, 0.15) is 0 Å². The fourth-order valence-electron chi connectivity index (χ4n) is 2.54.